The number of rotatable bonds is 5. The quantitative estimate of drug-likeness (QED) is 0.769. The Morgan fingerprint density at radius 2 is 1.89 bits per heavy atom. The van der Waals surface area contributed by atoms with Crippen molar-refractivity contribution in [2.45, 2.75) is 20.8 Å². The number of allylic oxidation sites excluding steroid dienone is 2. The van der Waals surface area contributed by atoms with Crippen LogP contribution in [0.1, 0.15) is 26.3 Å². The van der Waals surface area contributed by atoms with Crippen LogP contribution in [0.25, 0.3) is 5.57 Å². The normalized spacial score (nSPS) is 13.2. The third-order valence-corrected chi connectivity index (χ3v) is 3.91. The number of hydrogen-bond donors (Lipinski definition) is 0. The lowest BCUT2D eigenvalue weighted by atomic mass is 10.1. The fraction of sp³-hybridized carbons (Fsp3) is 0.267. The Morgan fingerprint density at radius 1 is 1.33 bits per heavy atom. The van der Waals surface area contributed by atoms with Gasteiger partial charge in [0.1, 0.15) is 11.6 Å². The molecule has 0 aromatic heterocycles. The van der Waals surface area contributed by atoms with Crippen LogP contribution in [0.4, 0.5) is 4.39 Å². The lowest BCUT2D eigenvalue weighted by Gasteiger charge is -2.09. The third-order valence-electron chi connectivity index (χ3n) is 2.78. The van der Waals surface area contributed by atoms with Gasteiger partial charge in [0.25, 0.3) is 0 Å². The summed E-state index contributed by atoms with van der Waals surface area (Å²) in [5.74, 6) is -0.276. The van der Waals surface area contributed by atoms with Crippen LogP contribution >= 0.6 is 11.8 Å². The van der Waals surface area contributed by atoms with E-state index >= 15 is 0 Å². The van der Waals surface area contributed by atoms with Crippen LogP contribution < -0.4 is 0 Å². The Balaban J connectivity index is 2.70. The van der Waals surface area contributed by atoms with Crippen molar-refractivity contribution < 1.29 is 9.18 Å². The molecule has 0 aliphatic rings. The monoisotopic (exact) mass is 264 g/mol. The molecule has 0 amide bonds. The van der Waals surface area contributed by atoms with Gasteiger partial charge < -0.3 is 0 Å². The molecule has 0 bridgehead atoms. The predicted octanol–water partition coefficient (Wildman–Crippen LogP) is 4.66. The lowest BCUT2D eigenvalue weighted by Crippen LogP contribution is -2.05. The van der Waals surface area contributed by atoms with Gasteiger partial charge in [-0.3, -0.25) is 4.79 Å². The van der Waals surface area contributed by atoms with Crippen molar-refractivity contribution in [3.05, 3.63) is 52.5 Å². The molecule has 0 saturated heterocycles. The van der Waals surface area contributed by atoms with Gasteiger partial charge in [0.05, 0.1) is 0 Å². The second kappa shape index (κ2) is 6.55. The average Bonchev–Trinajstić information content (AvgIpc) is 2.35. The molecule has 3 heteroatoms. The van der Waals surface area contributed by atoms with E-state index in [2.05, 4.69) is 6.58 Å². The Kier molecular flexibility index (Phi) is 5.35. The molecule has 0 heterocycles. The zero-order valence-electron chi connectivity index (χ0n) is 10.9. The smallest absolute Gasteiger partial charge is 0.137 e. The average molecular weight is 264 g/mol. The van der Waals surface area contributed by atoms with Crippen LogP contribution in [-0.4, -0.2) is 5.78 Å². The number of carbonyl (C=O) groups is 1. The Labute approximate surface area is 112 Å². The van der Waals surface area contributed by atoms with Crippen LogP contribution in [0.2, 0.25) is 0 Å². The number of halogens is 1. The van der Waals surface area contributed by atoms with E-state index in [1.165, 1.54) is 23.9 Å². The number of carbonyl (C=O) groups excluding carboxylic acids is 1. The van der Waals surface area contributed by atoms with Gasteiger partial charge in [-0.25, -0.2) is 4.39 Å². The summed E-state index contributed by atoms with van der Waals surface area (Å²) < 4.78 is 12.8. The summed E-state index contributed by atoms with van der Waals surface area (Å²) in [6, 6.07) is 6.34. The maximum absolute atomic E-state index is 12.8. The van der Waals surface area contributed by atoms with Gasteiger partial charge >= 0.3 is 0 Å². The van der Waals surface area contributed by atoms with E-state index in [-0.39, 0.29) is 17.5 Å². The SMILES string of the molecule is C=C(S/C=C(\C)c1ccc(F)cc1)C(C)C(C)=O. The number of ketones is 1. The summed E-state index contributed by atoms with van der Waals surface area (Å²) in [6.07, 6.45) is 0. The van der Waals surface area contributed by atoms with E-state index in [0.717, 1.165) is 16.0 Å². The van der Waals surface area contributed by atoms with Crippen molar-refractivity contribution >= 4 is 23.1 Å². The molecule has 0 radical (unpaired) electrons. The highest BCUT2D eigenvalue weighted by atomic mass is 32.2. The van der Waals surface area contributed by atoms with Crippen molar-refractivity contribution in [2.75, 3.05) is 0 Å². The first kappa shape index (κ1) is 14.7. The van der Waals surface area contributed by atoms with E-state index in [1.807, 2.05) is 19.3 Å². The van der Waals surface area contributed by atoms with Crippen molar-refractivity contribution in [1.82, 2.24) is 0 Å². The molecule has 0 saturated carbocycles. The molecule has 0 aliphatic carbocycles. The number of benzene rings is 1. The molecule has 96 valence electrons. The van der Waals surface area contributed by atoms with Gasteiger partial charge in [-0.1, -0.05) is 25.6 Å². The van der Waals surface area contributed by atoms with E-state index in [4.69, 9.17) is 0 Å². The van der Waals surface area contributed by atoms with Gasteiger partial charge in [-0.2, -0.15) is 0 Å². The zero-order valence-corrected chi connectivity index (χ0v) is 11.7. The first-order valence-electron chi connectivity index (χ1n) is 5.70. The number of thioether (sulfide) groups is 1. The van der Waals surface area contributed by atoms with Crippen LogP contribution in [0, 0.1) is 11.7 Å². The van der Waals surface area contributed by atoms with E-state index in [0.29, 0.717) is 0 Å². The van der Waals surface area contributed by atoms with Gasteiger partial charge in [0.2, 0.25) is 0 Å². The van der Waals surface area contributed by atoms with Crippen LogP contribution in [0.3, 0.4) is 0 Å². The van der Waals surface area contributed by atoms with Gasteiger partial charge in [-0.15, -0.1) is 11.8 Å². The minimum Gasteiger partial charge on any atom is -0.299 e. The highest BCUT2D eigenvalue weighted by Gasteiger charge is 2.11. The molecular formula is C15H17FOS. The minimum absolute atomic E-state index is 0.111. The third kappa shape index (κ3) is 4.15. The maximum atomic E-state index is 12.8. The molecule has 1 atom stereocenters. The van der Waals surface area contributed by atoms with Crippen molar-refractivity contribution in [2.24, 2.45) is 5.92 Å². The first-order chi connectivity index (χ1) is 8.41. The Morgan fingerprint density at radius 3 is 2.39 bits per heavy atom. The molecule has 1 nitrogen and oxygen atoms in total. The van der Waals surface area contributed by atoms with Crippen LogP contribution in [-0.2, 0) is 4.79 Å². The fourth-order valence-electron chi connectivity index (χ4n) is 1.27. The molecule has 18 heavy (non-hydrogen) atoms. The molecule has 1 aromatic carbocycles. The largest absolute Gasteiger partial charge is 0.299 e. The second-order valence-corrected chi connectivity index (χ2v) is 5.22. The molecular weight excluding hydrogens is 247 g/mol. The standard InChI is InChI=1S/C15H17FOS/c1-10(14-5-7-15(16)8-6-14)9-18-13(4)11(2)12(3)17/h5-9,11H,4H2,1-3H3/b10-9+. The molecule has 0 aliphatic heterocycles. The van der Waals surface area contributed by atoms with Crippen molar-refractivity contribution in [3.63, 3.8) is 0 Å². The number of hydrogen-bond acceptors (Lipinski definition) is 2. The molecule has 1 aromatic rings. The molecule has 1 rings (SSSR count). The van der Waals surface area contributed by atoms with Gasteiger partial charge in [0, 0.05) is 5.92 Å². The molecule has 0 spiro atoms. The summed E-state index contributed by atoms with van der Waals surface area (Å²) in [6.45, 7) is 9.25. The van der Waals surface area contributed by atoms with Crippen LogP contribution in [0.15, 0.2) is 41.2 Å². The summed E-state index contributed by atoms with van der Waals surface area (Å²) in [5.41, 5.74) is 1.99. The predicted molar refractivity (Wildman–Crippen MR) is 76.6 cm³/mol. The number of Topliss-reactive ketones (excluding diaryl/α,β-unsaturated/α-hetero) is 1. The van der Waals surface area contributed by atoms with Crippen LogP contribution in [0.5, 0.6) is 0 Å². The van der Waals surface area contributed by atoms with E-state index < -0.39 is 0 Å². The maximum Gasteiger partial charge on any atom is 0.137 e. The molecule has 1 unspecified atom stereocenters. The molecule has 0 N–H and O–H groups in total. The first-order valence-corrected chi connectivity index (χ1v) is 6.58. The van der Waals surface area contributed by atoms with Gasteiger partial charge in [-0.05, 0) is 47.4 Å². The fourth-order valence-corrected chi connectivity index (χ4v) is 2.11. The summed E-state index contributed by atoms with van der Waals surface area (Å²) in [4.78, 5) is 12.0. The molecule has 0 fully saturated rings. The van der Waals surface area contributed by atoms with E-state index in [9.17, 15) is 9.18 Å². The summed E-state index contributed by atoms with van der Waals surface area (Å²) >= 11 is 1.45. The summed E-state index contributed by atoms with van der Waals surface area (Å²) in [7, 11) is 0. The van der Waals surface area contributed by atoms with Crippen molar-refractivity contribution in [3.8, 4) is 0 Å². The zero-order chi connectivity index (χ0) is 13.7. The van der Waals surface area contributed by atoms with Gasteiger partial charge in [0.15, 0.2) is 0 Å². The highest BCUT2D eigenvalue weighted by molar-refractivity contribution is 8.06. The summed E-state index contributed by atoms with van der Waals surface area (Å²) in [5, 5.41) is 1.94. The minimum atomic E-state index is -0.242. The second-order valence-electron chi connectivity index (χ2n) is 4.22. The topological polar surface area (TPSA) is 17.1 Å². The lowest BCUT2D eigenvalue weighted by molar-refractivity contribution is -0.119. The highest BCUT2D eigenvalue weighted by Crippen LogP contribution is 2.27. The Bertz CT molecular complexity index is 474. The Hall–Kier alpha value is -1.35. The van der Waals surface area contributed by atoms with Crippen molar-refractivity contribution in [1.29, 1.82) is 0 Å². The van der Waals surface area contributed by atoms with E-state index in [1.54, 1.807) is 19.1 Å².